The van der Waals surface area contributed by atoms with Crippen molar-refractivity contribution in [3.63, 3.8) is 0 Å². The minimum Gasteiger partial charge on any atom is -0.193 e. The van der Waals surface area contributed by atoms with E-state index >= 15 is 0 Å². The van der Waals surface area contributed by atoms with Crippen LogP contribution in [0, 0.1) is 35.0 Å². The van der Waals surface area contributed by atoms with Crippen molar-refractivity contribution in [2.24, 2.45) is 23.7 Å². The molecule has 0 saturated heterocycles. The van der Waals surface area contributed by atoms with Gasteiger partial charge in [0.15, 0.2) is 0 Å². The molecule has 1 aromatic rings. The number of unbranched alkanes of at least 4 members (excludes halogenated alkanes) is 1. The molecule has 0 spiro atoms. The Bertz CT molecular complexity index is 768. The normalized spacial score (nSPS) is 27.1. The van der Waals surface area contributed by atoms with Gasteiger partial charge in [-0.05, 0) is 92.7 Å². The van der Waals surface area contributed by atoms with E-state index in [-0.39, 0.29) is 0 Å². The third-order valence-electron chi connectivity index (χ3n) is 7.65. The molecule has 0 atom stereocenters. The van der Waals surface area contributed by atoms with Gasteiger partial charge in [0.1, 0.15) is 0 Å². The molecule has 2 saturated carbocycles. The van der Waals surface area contributed by atoms with E-state index in [0.29, 0.717) is 5.92 Å². The molecule has 0 bridgehead atoms. The fourth-order valence-corrected chi connectivity index (χ4v) is 5.70. The Morgan fingerprint density at radius 3 is 2.06 bits per heavy atom. The van der Waals surface area contributed by atoms with E-state index in [1.54, 1.807) is 12.1 Å². The molecule has 0 heterocycles. The second-order valence-electron chi connectivity index (χ2n) is 9.77. The zero-order valence-corrected chi connectivity index (χ0v) is 19.0. The van der Waals surface area contributed by atoms with Gasteiger partial charge in [-0.1, -0.05) is 56.0 Å². The van der Waals surface area contributed by atoms with Gasteiger partial charge >= 0.3 is 6.18 Å². The second-order valence-corrected chi connectivity index (χ2v) is 9.77. The highest BCUT2D eigenvalue weighted by atomic mass is 19.4. The number of aryl methyl sites for hydroxylation is 1. The van der Waals surface area contributed by atoms with E-state index < -0.39 is 11.7 Å². The van der Waals surface area contributed by atoms with E-state index in [1.807, 2.05) is 18.2 Å². The van der Waals surface area contributed by atoms with Gasteiger partial charge < -0.3 is 0 Å². The van der Waals surface area contributed by atoms with Gasteiger partial charge in [0.05, 0.1) is 11.6 Å². The Hall–Kier alpha value is -2.02. The Labute approximate surface area is 191 Å². The summed E-state index contributed by atoms with van der Waals surface area (Å²) < 4.78 is 38.0. The second kappa shape index (κ2) is 12.3. The Morgan fingerprint density at radius 2 is 1.47 bits per heavy atom. The van der Waals surface area contributed by atoms with Gasteiger partial charge in [-0.2, -0.15) is 18.4 Å². The Kier molecular flexibility index (Phi) is 9.45. The van der Waals surface area contributed by atoms with Gasteiger partial charge in [-0.3, -0.25) is 0 Å². The van der Waals surface area contributed by atoms with E-state index in [0.717, 1.165) is 36.2 Å². The highest BCUT2D eigenvalue weighted by molar-refractivity contribution is 5.24. The van der Waals surface area contributed by atoms with Crippen LogP contribution in [0.15, 0.2) is 48.6 Å². The smallest absolute Gasteiger partial charge is 0.193 e. The van der Waals surface area contributed by atoms with Crippen molar-refractivity contribution in [2.75, 3.05) is 0 Å². The molecule has 2 aliphatic rings. The van der Waals surface area contributed by atoms with Crippen LogP contribution in [-0.4, -0.2) is 0 Å². The van der Waals surface area contributed by atoms with Crippen molar-refractivity contribution in [2.45, 2.75) is 83.2 Å². The predicted octanol–water partition coefficient (Wildman–Crippen LogP) is 8.67. The summed E-state index contributed by atoms with van der Waals surface area (Å²) in [7, 11) is 0. The molecular formula is C28H36F3N. The lowest BCUT2D eigenvalue weighted by molar-refractivity contribution is -0.137. The van der Waals surface area contributed by atoms with Crippen molar-refractivity contribution >= 4 is 0 Å². The first-order chi connectivity index (χ1) is 15.5. The van der Waals surface area contributed by atoms with Crippen molar-refractivity contribution in [3.05, 3.63) is 59.7 Å². The first kappa shape index (κ1) is 24.6. The molecule has 174 valence electrons. The van der Waals surface area contributed by atoms with Gasteiger partial charge in [0.25, 0.3) is 0 Å². The molecule has 3 rings (SSSR count). The summed E-state index contributed by atoms with van der Waals surface area (Å²) in [6.45, 7) is 0. The average molecular weight is 444 g/mol. The minimum absolute atomic E-state index is 0.560. The third-order valence-corrected chi connectivity index (χ3v) is 7.65. The maximum atomic E-state index is 12.7. The summed E-state index contributed by atoms with van der Waals surface area (Å²) in [4.78, 5) is 0. The Balaban J connectivity index is 1.28. The summed E-state index contributed by atoms with van der Waals surface area (Å²) in [5, 5.41) is 8.54. The number of alkyl halides is 3. The lowest BCUT2D eigenvalue weighted by Crippen LogP contribution is -2.25. The zero-order chi connectivity index (χ0) is 22.8. The van der Waals surface area contributed by atoms with Crippen LogP contribution in [0.2, 0.25) is 0 Å². The summed E-state index contributed by atoms with van der Waals surface area (Å²) in [6, 6.07) is 7.68. The maximum Gasteiger partial charge on any atom is 0.416 e. The maximum absolute atomic E-state index is 12.7. The first-order valence-corrected chi connectivity index (χ1v) is 12.3. The van der Waals surface area contributed by atoms with Crippen molar-refractivity contribution < 1.29 is 13.2 Å². The minimum atomic E-state index is -4.25. The standard InChI is InChI=1S/C28H36F3N/c29-28(30,31)27-19-13-24(14-20-27)8-4-3-7-23-11-17-26(18-12-23)25-15-9-22(10-16-25)6-2-1-5-21-32/h1-2,5-6,13-14,19-20,22-23,25-26H,3-4,7-12,15-18H2. The van der Waals surface area contributed by atoms with Gasteiger partial charge in [0.2, 0.25) is 0 Å². The number of hydrogen-bond acceptors (Lipinski definition) is 1. The molecular weight excluding hydrogens is 407 g/mol. The molecule has 32 heavy (non-hydrogen) atoms. The van der Waals surface area contributed by atoms with Crippen LogP contribution in [0.25, 0.3) is 0 Å². The number of hydrogen-bond donors (Lipinski definition) is 0. The van der Waals surface area contributed by atoms with E-state index in [2.05, 4.69) is 6.08 Å². The third kappa shape index (κ3) is 7.84. The molecule has 0 aliphatic heterocycles. The number of nitrogens with zero attached hydrogens (tertiary/aromatic N) is 1. The van der Waals surface area contributed by atoms with Crippen LogP contribution in [0.4, 0.5) is 13.2 Å². The summed E-state index contributed by atoms with van der Waals surface area (Å²) >= 11 is 0. The average Bonchev–Trinajstić information content (AvgIpc) is 2.80. The molecule has 1 aromatic carbocycles. The molecule has 2 aliphatic carbocycles. The molecule has 0 amide bonds. The van der Waals surface area contributed by atoms with Crippen molar-refractivity contribution in [1.29, 1.82) is 5.26 Å². The number of halogens is 3. The number of benzene rings is 1. The molecule has 0 N–H and O–H groups in total. The molecule has 0 radical (unpaired) electrons. The summed E-state index contributed by atoms with van der Waals surface area (Å²) in [5.41, 5.74) is 0.448. The van der Waals surface area contributed by atoms with Crippen LogP contribution < -0.4 is 0 Å². The quantitative estimate of drug-likeness (QED) is 0.224. The highest BCUT2D eigenvalue weighted by Crippen LogP contribution is 2.42. The van der Waals surface area contributed by atoms with Crippen LogP contribution in [-0.2, 0) is 12.6 Å². The lowest BCUT2D eigenvalue weighted by atomic mass is 9.68. The van der Waals surface area contributed by atoms with Crippen LogP contribution >= 0.6 is 0 Å². The van der Waals surface area contributed by atoms with Crippen molar-refractivity contribution in [3.8, 4) is 6.07 Å². The molecule has 0 unspecified atom stereocenters. The SMILES string of the molecule is N#CC=CC=CC1CCC(C2CCC(CCCCc3ccc(C(F)(F)F)cc3)CC2)CC1. The summed E-state index contributed by atoms with van der Waals surface area (Å²) in [5.74, 6) is 3.32. The van der Waals surface area contributed by atoms with E-state index in [1.165, 1.54) is 82.4 Å². The number of nitriles is 1. The molecule has 0 aromatic heterocycles. The van der Waals surface area contributed by atoms with Crippen LogP contribution in [0.3, 0.4) is 0 Å². The monoisotopic (exact) mass is 443 g/mol. The predicted molar refractivity (Wildman–Crippen MR) is 124 cm³/mol. The summed E-state index contributed by atoms with van der Waals surface area (Å²) in [6.07, 6.45) is 18.5. The zero-order valence-electron chi connectivity index (χ0n) is 19.0. The lowest BCUT2D eigenvalue weighted by Gasteiger charge is -2.37. The van der Waals surface area contributed by atoms with Crippen LogP contribution in [0.1, 0.15) is 81.8 Å². The first-order valence-electron chi connectivity index (χ1n) is 12.3. The van der Waals surface area contributed by atoms with Crippen molar-refractivity contribution in [1.82, 2.24) is 0 Å². The fourth-order valence-electron chi connectivity index (χ4n) is 5.70. The number of rotatable bonds is 8. The highest BCUT2D eigenvalue weighted by Gasteiger charge is 2.31. The van der Waals surface area contributed by atoms with Gasteiger partial charge in [-0.15, -0.1) is 0 Å². The molecule has 1 nitrogen and oxygen atoms in total. The number of allylic oxidation sites excluding steroid dienone is 4. The van der Waals surface area contributed by atoms with Crippen LogP contribution in [0.5, 0.6) is 0 Å². The van der Waals surface area contributed by atoms with E-state index in [9.17, 15) is 13.2 Å². The topological polar surface area (TPSA) is 23.8 Å². The molecule has 4 heteroatoms. The van der Waals surface area contributed by atoms with Gasteiger partial charge in [-0.25, -0.2) is 0 Å². The van der Waals surface area contributed by atoms with Gasteiger partial charge in [0, 0.05) is 6.08 Å². The molecule has 2 fully saturated rings. The Morgan fingerprint density at radius 1 is 0.844 bits per heavy atom. The fraction of sp³-hybridized carbons (Fsp3) is 0.607. The van der Waals surface area contributed by atoms with E-state index in [4.69, 9.17) is 5.26 Å². The largest absolute Gasteiger partial charge is 0.416 e.